The van der Waals surface area contributed by atoms with Crippen LogP contribution in [0.1, 0.15) is 87.9 Å². The van der Waals surface area contributed by atoms with Crippen LogP contribution in [0.5, 0.6) is 17.2 Å². The Morgan fingerprint density at radius 2 is 1.18 bits per heavy atom. The minimum atomic E-state index is -1.09. The molecule has 1 amide bonds. The Bertz CT molecular complexity index is 1190. The summed E-state index contributed by atoms with van der Waals surface area (Å²) in [7, 11) is 0. The van der Waals surface area contributed by atoms with E-state index in [0.717, 1.165) is 18.6 Å². The number of carboxylic acid groups (broad SMARTS) is 1. The van der Waals surface area contributed by atoms with Crippen molar-refractivity contribution in [2.75, 3.05) is 4.90 Å². The second-order valence-electron chi connectivity index (χ2n) is 10.2. The van der Waals surface area contributed by atoms with Gasteiger partial charge in [0.05, 0.1) is 17.4 Å². The summed E-state index contributed by atoms with van der Waals surface area (Å²) in [5.41, 5.74) is 0.944. The quantitative estimate of drug-likeness (QED) is 0.331. The zero-order chi connectivity index (χ0) is 27.5. The predicted molar refractivity (Wildman–Crippen MR) is 154 cm³/mol. The third-order valence-corrected chi connectivity index (χ3v) is 7.20. The topological polar surface area (TPSA) is 76.1 Å². The molecular weight excluding hydrogens is 490 g/mol. The van der Waals surface area contributed by atoms with Crippen LogP contribution in [0.15, 0.2) is 72.8 Å². The minimum Gasteiger partial charge on any atom is -0.490 e. The van der Waals surface area contributed by atoms with Crippen LogP contribution in [0.3, 0.4) is 0 Å². The monoisotopic (exact) mass is 529 g/mol. The smallest absolute Gasteiger partial charge is 0.337 e. The Morgan fingerprint density at radius 1 is 0.692 bits per heavy atom. The number of aromatic carboxylic acids is 1. The number of carbonyl (C=O) groups is 2. The van der Waals surface area contributed by atoms with Gasteiger partial charge in [-0.05, 0) is 86.3 Å². The molecule has 4 rings (SSSR count). The van der Waals surface area contributed by atoms with Crippen LogP contribution >= 0.6 is 0 Å². The van der Waals surface area contributed by atoms with Crippen LogP contribution in [-0.2, 0) is 4.79 Å². The normalized spacial score (nSPS) is 15.4. The van der Waals surface area contributed by atoms with Crippen molar-refractivity contribution in [2.24, 2.45) is 0 Å². The van der Waals surface area contributed by atoms with Gasteiger partial charge in [-0.2, -0.15) is 0 Å². The number of hydrogen-bond donors (Lipinski definition) is 1. The number of rotatable bonds is 7. The molecule has 3 aromatic carbocycles. The van der Waals surface area contributed by atoms with Crippen molar-refractivity contribution in [3.05, 3.63) is 78.4 Å². The second-order valence-corrected chi connectivity index (χ2v) is 10.2. The number of nitrogens with zero attached hydrogens (tertiary/aromatic N) is 1. The maximum absolute atomic E-state index is 12.5. The van der Waals surface area contributed by atoms with E-state index < -0.39 is 5.97 Å². The molecule has 0 spiro atoms. The van der Waals surface area contributed by atoms with Gasteiger partial charge in [0.25, 0.3) is 0 Å². The Kier molecular flexibility index (Phi) is 10.4. The highest BCUT2D eigenvalue weighted by atomic mass is 16.5. The second kappa shape index (κ2) is 14.4. The molecule has 0 unspecified atom stereocenters. The maximum Gasteiger partial charge on any atom is 0.337 e. The number of benzene rings is 3. The number of para-hydroxylation sites is 1. The SMILES string of the molecule is CC(=O)N(c1ccc(Oc2ccc(OC3CCCCCCCCCCC3)cc2)cc1)c1ccccc1C(=O)O. The highest BCUT2D eigenvalue weighted by molar-refractivity contribution is 6.05. The molecule has 0 aliphatic heterocycles. The third kappa shape index (κ3) is 8.34. The number of carboxylic acids is 1. The van der Waals surface area contributed by atoms with Crippen molar-refractivity contribution in [3.63, 3.8) is 0 Å². The van der Waals surface area contributed by atoms with Gasteiger partial charge in [0.15, 0.2) is 0 Å². The first-order valence-electron chi connectivity index (χ1n) is 14.2. The summed E-state index contributed by atoms with van der Waals surface area (Å²) in [6.07, 6.45) is 14.3. The Balaban J connectivity index is 1.38. The van der Waals surface area contributed by atoms with E-state index in [0.29, 0.717) is 22.9 Å². The van der Waals surface area contributed by atoms with Gasteiger partial charge < -0.3 is 14.6 Å². The fraction of sp³-hybridized carbons (Fsp3) is 0.394. The molecule has 1 N–H and O–H groups in total. The number of amides is 1. The molecule has 1 fully saturated rings. The molecule has 206 valence electrons. The van der Waals surface area contributed by atoms with Gasteiger partial charge in [-0.1, -0.05) is 57.1 Å². The van der Waals surface area contributed by atoms with E-state index in [1.165, 1.54) is 75.7 Å². The highest BCUT2D eigenvalue weighted by Gasteiger charge is 2.20. The van der Waals surface area contributed by atoms with Crippen LogP contribution in [0.25, 0.3) is 0 Å². The largest absolute Gasteiger partial charge is 0.490 e. The number of ether oxygens (including phenoxy) is 2. The van der Waals surface area contributed by atoms with Gasteiger partial charge in [-0.25, -0.2) is 4.79 Å². The third-order valence-electron chi connectivity index (χ3n) is 7.20. The van der Waals surface area contributed by atoms with Crippen molar-refractivity contribution < 1.29 is 24.2 Å². The number of anilines is 2. The van der Waals surface area contributed by atoms with Crippen molar-refractivity contribution in [1.82, 2.24) is 0 Å². The lowest BCUT2D eigenvalue weighted by Crippen LogP contribution is -2.24. The van der Waals surface area contributed by atoms with Crippen LogP contribution in [0, 0.1) is 0 Å². The van der Waals surface area contributed by atoms with E-state index in [2.05, 4.69) is 0 Å². The summed E-state index contributed by atoms with van der Waals surface area (Å²) >= 11 is 0. The average molecular weight is 530 g/mol. The number of carbonyl (C=O) groups excluding carboxylic acids is 1. The first-order chi connectivity index (χ1) is 19.0. The molecule has 0 radical (unpaired) electrons. The lowest BCUT2D eigenvalue weighted by Gasteiger charge is -2.23. The summed E-state index contributed by atoms with van der Waals surface area (Å²) < 4.78 is 12.4. The summed E-state index contributed by atoms with van der Waals surface area (Å²) in [5, 5.41) is 9.56. The molecule has 0 aromatic heterocycles. The zero-order valence-corrected chi connectivity index (χ0v) is 22.8. The van der Waals surface area contributed by atoms with Crippen molar-refractivity contribution in [1.29, 1.82) is 0 Å². The maximum atomic E-state index is 12.5. The average Bonchev–Trinajstić information content (AvgIpc) is 2.92. The van der Waals surface area contributed by atoms with Gasteiger partial charge in [-0.3, -0.25) is 9.69 Å². The number of hydrogen-bond acceptors (Lipinski definition) is 4. The molecule has 6 nitrogen and oxygen atoms in total. The summed E-state index contributed by atoms with van der Waals surface area (Å²) in [6.45, 7) is 1.41. The standard InChI is InChI=1S/C33H39NO5/c1-25(35)34(32-16-12-11-15-31(32)33(36)37)26-17-19-28(20-18-26)39-30-23-21-29(22-24-30)38-27-13-9-7-5-3-2-4-6-8-10-14-27/h11-12,15-24,27H,2-10,13-14H2,1H3,(H,36,37). The Morgan fingerprint density at radius 3 is 1.72 bits per heavy atom. The summed E-state index contributed by atoms with van der Waals surface area (Å²) in [4.78, 5) is 25.5. The molecule has 39 heavy (non-hydrogen) atoms. The van der Waals surface area contributed by atoms with Crippen molar-refractivity contribution in [3.8, 4) is 17.2 Å². The van der Waals surface area contributed by atoms with Gasteiger partial charge in [0, 0.05) is 12.6 Å². The van der Waals surface area contributed by atoms with Crippen LogP contribution in [0.4, 0.5) is 11.4 Å². The fourth-order valence-electron chi connectivity index (χ4n) is 5.16. The molecule has 3 aromatic rings. The molecule has 0 atom stereocenters. The first-order valence-corrected chi connectivity index (χ1v) is 14.2. The van der Waals surface area contributed by atoms with Gasteiger partial charge in [-0.15, -0.1) is 0 Å². The lowest BCUT2D eigenvalue weighted by atomic mass is 9.99. The molecule has 6 heteroatoms. The molecule has 0 bridgehead atoms. The summed E-state index contributed by atoms with van der Waals surface area (Å²) in [6, 6.07) is 21.2. The first kappa shape index (κ1) is 28.2. The Labute approximate surface area is 231 Å². The Hall–Kier alpha value is -3.80. The van der Waals surface area contributed by atoms with Crippen LogP contribution < -0.4 is 14.4 Å². The van der Waals surface area contributed by atoms with Crippen LogP contribution in [-0.4, -0.2) is 23.1 Å². The summed E-state index contributed by atoms with van der Waals surface area (Å²) in [5.74, 6) is 0.796. The van der Waals surface area contributed by atoms with E-state index in [1.807, 2.05) is 24.3 Å². The zero-order valence-electron chi connectivity index (χ0n) is 22.8. The van der Waals surface area contributed by atoms with E-state index in [9.17, 15) is 14.7 Å². The van der Waals surface area contributed by atoms with Crippen LogP contribution in [0.2, 0.25) is 0 Å². The molecule has 1 aliphatic carbocycles. The predicted octanol–water partition coefficient (Wildman–Crippen LogP) is 8.91. The van der Waals surface area contributed by atoms with E-state index in [4.69, 9.17) is 9.47 Å². The van der Waals surface area contributed by atoms with Gasteiger partial charge >= 0.3 is 5.97 Å². The van der Waals surface area contributed by atoms with E-state index in [-0.39, 0.29) is 17.6 Å². The lowest BCUT2D eigenvalue weighted by molar-refractivity contribution is -0.115. The van der Waals surface area contributed by atoms with Gasteiger partial charge in [0.2, 0.25) is 5.91 Å². The molecule has 0 heterocycles. The minimum absolute atomic E-state index is 0.0618. The van der Waals surface area contributed by atoms with Gasteiger partial charge in [0.1, 0.15) is 17.2 Å². The molecular formula is C33H39NO5. The molecule has 1 aliphatic rings. The van der Waals surface area contributed by atoms with E-state index in [1.54, 1.807) is 42.5 Å². The highest BCUT2D eigenvalue weighted by Crippen LogP contribution is 2.32. The fourth-order valence-corrected chi connectivity index (χ4v) is 5.16. The van der Waals surface area contributed by atoms with Crippen molar-refractivity contribution in [2.45, 2.75) is 83.7 Å². The van der Waals surface area contributed by atoms with Crippen molar-refractivity contribution >= 4 is 23.3 Å². The molecule has 0 saturated heterocycles. The molecule has 1 saturated carbocycles. The van der Waals surface area contributed by atoms with E-state index >= 15 is 0 Å².